The number of nitrogens with one attached hydrogen (secondary N) is 1. The van der Waals surface area contributed by atoms with Crippen LogP contribution in [0.3, 0.4) is 0 Å². The second-order valence-electron chi connectivity index (χ2n) is 7.27. The topological polar surface area (TPSA) is 110 Å². The summed E-state index contributed by atoms with van der Waals surface area (Å²) in [5.41, 5.74) is -0.707. The maximum absolute atomic E-state index is 13.5. The van der Waals surface area contributed by atoms with Crippen molar-refractivity contribution in [2.75, 3.05) is 20.8 Å². The molecule has 1 amide bonds. The van der Waals surface area contributed by atoms with Gasteiger partial charge in [0, 0.05) is 13.0 Å². The summed E-state index contributed by atoms with van der Waals surface area (Å²) in [7, 11) is 2.64. The van der Waals surface area contributed by atoms with Gasteiger partial charge >= 0.3 is 12.1 Å². The van der Waals surface area contributed by atoms with Gasteiger partial charge < -0.3 is 19.5 Å². The van der Waals surface area contributed by atoms with Crippen LogP contribution in [0.15, 0.2) is 46.3 Å². The third-order valence-electron chi connectivity index (χ3n) is 4.80. The fourth-order valence-corrected chi connectivity index (χ4v) is 3.89. The van der Waals surface area contributed by atoms with Crippen LogP contribution in [0.2, 0.25) is 0 Å². The van der Waals surface area contributed by atoms with Crippen LogP contribution in [-0.2, 0) is 20.5 Å². The Labute approximate surface area is 208 Å². The molecule has 0 spiro atoms. The lowest BCUT2D eigenvalue weighted by atomic mass is 10.1. The van der Waals surface area contributed by atoms with Crippen LogP contribution in [0, 0.1) is 11.3 Å². The van der Waals surface area contributed by atoms with Gasteiger partial charge in [-0.2, -0.15) is 23.4 Å². The Bertz CT molecular complexity index is 1270. The summed E-state index contributed by atoms with van der Waals surface area (Å²) in [5, 5.41) is 12.3. The van der Waals surface area contributed by atoms with Crippen LogP contribution in [0.25, 0.3) is 6.08 Å². The van der Waals surface area contributed by atoms with Gasteiger partial charge in [0.1, 0.15) is 5.75 Å². The average molecular weight is 520 g/mol. The van der Waals surface area contributed by atoms with Crippen molar-refractivity contribution in [2.45, 2.75) is 19.0 Å². The third-order valence-corrected chi connectivity index (χ3v) is 5.74. The number of nitrogens with zero attached hydrogens (tertiary/aromatic N) is 2. The molecule has 1 aliphatic rings. The number of aliphatic imine (C=N–C) groups is 1. The van der Waals surface area contributed by atoms with Crippen molar-refractivity contribution in [3.8, 4) is 23.3 Å². The molecule has 0 fully saturated rings. The number of rotatable bonds is 8. The highest BCUT2D eigenvalue weighted by molar-refractivity contribution is 8.18. The molecule has 0 bridgehead atoms. The van der Waals surface area contributed by atoms with Crippen LogP contribution in [0.4, 0.5) is 13.2 Å². The standard InChI is InChI=1S/C24H20F3N3O5S/c1-33-19-11-14(12-20-22(32)30-23(36-20)29-9-3-4-21(31)34-2)5-8-18(19)35-17-7-6-15(13-28)10-16(17)24(25,26)27/h5-8,10-12H,3-4,9H2,1-2H3,(H,29,30,32). The molecule has 0 saturated heterocycles. The molecule has 0 unspecified atom stereocenters. The summed E-state index contributed by atoms with van der Waals surface area (Å²) in [6.45, 7) is 0.427. The number of amidine groups is 1. The van der Waals surface area contributed by atoms with Gasteiger partial charge in [0.15, 0.2) is 16.7 Å². The van der Waals surface area contributed by atoms with Gasteiger partial charge in [0.2, 0.25) is 0 Å². The fourth-order valence-electron chi connectivity index (χ4n) is 3.05. The molecule has 36 heavy (non-hydrogen) atoms. The van der Waals surface area contributed by atoms with Crippen molar-refractivity contribution in [1.82, 2.24) is 5.32 Å². The maximum atomic E-state index is 13.5. The third kappa shape index (κ3) is 6.79. The van der Waals surface area contributed by atoms with E-state index in [-0.39, 0.29) is 29.5 Å². The molecule has 8 nitrogen and oxygen atoms in total. The molecule has 0 atom stereocenters. The second kappa shape index (κ2) is 11.6. The van der Waals surface area contributed by atoms with E-state index in [0.29, 0.717) is 34.7 Å². The van der Waals surface area contributed by atoms with Gasteiger partial charge in [0.25, 0.3) is 5.91 Å². The highest BCUT2D eigenvalue weighted by Crippen LogP contribution is 2.41. The Hall–Kier alpha value is -3.98. The molecule has 0 aromatic heterocycles. The molecule has 2 aromatic rings. The zero-order chi connectivity index (χ0) is 26.3. The number of halogens is 3. The molecule has 1 N–H and O–H groups in total. The van der Waals surface area contributed by atoms with E-state index in [1.807, 2.05) is 0 Å². The molecular formula is C24H20F3N3O5S. The van der Waals surface area contributed by atoms with Gasteiger partial charge in [-0.3, -0.25) is 9.59 Å². The second-order valence-corrected chi connectivity index (χ2v) is 8.30. The van der Waals surface area contributed by atoms with Crippen molar-refractivity contribution in [3.63, 3.8) is 0 Å². The molecule has 3 rings (SSSR count). The Morgan fingerprint density at radius 1 is 1.17 bits per heavy atom. The lowest BCUT2D eigenvalue weighted by molar-refractivity contribution is -0.141. The Kier molecular flexibility index (Phi) is 8.60. The normalized spacial score (nSPS) is 14.3. The zero-order valence-electron chi connectivity index (χ0n) is 19.1. The number of carbonyl (C=O) groups excluding carboxylic acids is 2. The van der Waals surface area contributed by atoms with Crippen molar-refractivity contribution < 1.29 is 37.0 Å². The predicted octanol–water partition coefficient (Wildman–Crippen LogP) is 4.89. The molecule has 1 aliphatic heterocycles. The molecule has 12 heteroatoms. The number of ether oxygens (including phenoxy) is 3. The number of methoxy groups -OCH3 is 2. The predicted molar refractivity (Wildman–Crippen MR) is 126 cm³/mol. The van der Waals surface area contributed by atoms with E-state index >= 15 is 0 Å². The van der Waals surface area contributed by atoms with Gasteiger partial charge in [-0.1, -0.05) is 6.07 Å². The van der Waals surface area contributed by atoms with Crippen LogP contribution in [0.1, 0.15) is 29.5 Å². The summed E-state index contributed by atoms with van der Waals surface area (Å²) in [6.07, 6.45) is -2.42. The van der Waals surface area contributed by atoms with Crippen LogP contribution in [-0.4, -0.2) is 37.8 Å². The summed E-state index contributed by atoms with van der Waals surface area (Å²) in [5.74, 6) is -1.11. The molecule has 0 saturated carbocycles. The fraction of sp³-hybridized carbons (Fsp3) is 0.250. The molecule has 0 radical (unpaired) electrons. The van der Waals surface area contributed by atoms with Crippen molar-refractivity contribution in [2.24, 2.45) is 4.99 Å². The number of hydrogen-bond acceptors (Lipinski definition) is 8. The first kappa shape index (κ1) is 26.6. The number of hydrogen-bond donors (Lipinski definition) is 1. The largest absolute Gasteiger partial charge is 0.493 e. The Balaban J connectivity index is 1.73. The first-order valence-electron chi connectivity index (χ1n) is 10.4. The van der Waals surface area contributed by atoms with Gasteiger partial charge in [0.05, 0.1) is 36.3 Å². The summed E-state index contributed by atoms with van der Waals surface area (Å²) in [4.78, 5) is 27.6. The minimum Gasteiger partial charge on any atom is -0.493 e. The lowest BCUT2D eigenvalue weighted by Gasteiger charge is -2.16. The molecule has 188 valence electrons. The van der Waals surface area contributed by atoms with Crippen molar-refractivity contribution >= 4 is 34.9 Å². The summed E-state index contributed by atoms with van der Waals surface area (Å²) < 4.78 is 55.7. The van der Waals surface area contributed by atoms with E-state index in [1.54, 1.807) is 18.2 Å². The summed E-state index contributed by atoms with van der Waals surface area (Å²) >= 11 is 1.12. The number of benzene rings is 2. The zero-order valence-corrected chi connectivity index (χ0v) is 20.0. The van der Waals surface area contributed by atoms with E-state index < -0.39 is 23.4 Å². The number of thioether (sulfide) groups is 1. The number of esters is 1. The molecule has 0 aliphatic carbocycles. The minimum absolute atomic E-state index is 0.0180. The van der Waals surface area contributed by atoms with Crippen LogP contribution in [0.5, 0.6) is 17.2 Å². The van der Waals surface area contributed by atoms with E-state index in [9.17, 15) is 22.8 Å². The SMILES string of the molecule is COC(=O)CCCNC1=NC(=O)C(=Cc2ccc(Oc3ccc(C#N)cc3C(F)(F)F)c(OC)c2)S1. The number of nitriles is 1. The highest BCUT2D eigenvalue weighted by Gasteiger charge is 2.35. The maximum Gasteiger partial charge on any atom is 0.420 e. The van der Waals surface area contributed by atoms with Crippen molar-refractivity contribution in [3.05, 3.63) is 58.0 Å². The van der Waals surface area contributed by atoms with Crippen LogP contribution >= 0.6 is 11.8 Å². The monoisotopic (exact) mass is 519 g/mol. The minimum atomic E-state index is -4.73. The molecular weight excluding hydrogens is 499 g/mol. The number of amides is 1. The Morgan fingerprint density at radius 3 is 2.58 bits per heavy atom. The first-order chi connectivity index (χ1) is 17.1. The summed E-state index contributed by atoms with van der Waals surface area (Å²) in [6, 6.07) is 9.16. The van der Waals surface area contributed by atoms with E-state index in [4.69, 9.17) is 14.7 Å². The van der Waals surface area contributed by atoms with E-state index in [2.05, 4.69) is 15.0 Å². The Morgan fingerprint density at radius 2 is 1.92 bits per heavy atom. The number of alkyl halides is 3. The van der Waals surface area contributed by atoms with Gasteiger partial charge in [-0.25, -0.2) is 0 Å². The quantitative estimate of drug-likeness (QED) is 0.298. The van der Waals surface area contributed by atoms with Gasteiger partial charge in [-0.05, 0) is 60.2 Å². The van der Waals surface area contributed by atoms with E-state index in [0.717, 1.165) is 17.8 Å². The van der Waals surface area contributed by atoms with E-state index in [1.165, 1.54) is 32.4 Å². The van der Waals surface area contributed by atoms with Crippen LogP contribution < -0.4 is 14.8 Å². The average Bonchev–Trinajstić information content (AvgIpc) is 3.20. The first-order valence-corrected chi connectivity index (χ1v) is 11.3. The molecule has 1 heterocycles. The number of carbonyl (C=O) groups is 2. The van der Waals surface area contributed by atoms with Gasteiger partial charge in [-0.15, -0.1) is 0 Å². The highest BCUT2D eigenvalue weighted by atomic mass is 32.2. The van der Waals surface area contributed by atoms with Crippen molar-refractivity contribution in [1.29, 1.82) is 5.26 Å². The smallest absolute Gasteiger partial charge is 0.420 e. The molecule has 2 aromatic carbocycles. The lowest BCUT2D eigenvalue weighted by Crippen LogP contribution is -2.20.